The molecule has 0 aromatic carbocycles. The minimum Gasteiger partial charge on any atom is -0.370 e. The highest BCUT2D eigenvalue weighted by molar-refractivity contribution is 5.97. The maximum Gasteiger partial charge on any atom is 0.209 e. The molecule has 1 fully saturated rings. The summed E-state index contributed by atoms with van der Waals surface area (Å²) in [5, 5.41) is 0. The Hall–Kier alpha value is -1.22. The summed E-state index contributed by atoms with van der Waals surface area (Å²) in [5.41, 5.74) is 0.509. The Balaban J connectivity index is 2.13. The average Bonchev–Trinajstić information content (AvgIpc) is 2.71. The molecule has 13 heavy (non-hydrogen) atoms. The van der Waals surface area contributed by atoms with E-state index in [-0.39, 0.29) is 11.9 Å². The quantitative estimate of drug-likeness (QED) is 0.642. The van der Waals surface area contributed by atoms with E-state index in [1.54, 1.807) is 18.3 Å². The van der Waals surface area contributed by atoms with Crippen molar-refractivity contribution in [1.29, 1.82) is 0 Å². The lowest BCUT2D eigenvalue weighted by molar-refractivity contribution is 0.0638. The van der Waals surface area contributed by atoms with Crippen LogP contribution in [0, 0.1) is 0 Å². The van der Waals surface area contributed by atoms with E-state index >= 15 is 0 Å². The van der Waals surface area contributed by atoms with E-state index in [4.69, 9.17) is 4.74 Å². The molecule has 1 saturated heterocycles. The Morgan fingerprint density at radius 1 is 1.54 bits per heavy atom. The lowest BCUT2D eigenvalue weighted by atomic mass is 10.1. The van der Waals surface area contributed by atoms with E-state index in [1.165, 1.54) is 0 Å². The number of aromatic nitrogens is 1. The van der Waals surface area contributed by atoms with Crippen LogP contribution in [0.3, 0.4) is 0 Å². The number of nitrogens with zero attached hydrogens (tertiary/aromatic N) is 1. The van der Waals surface area contributed by atoms with Gasteiger partial charge in [0.05, 0.1) is 0 Å². The van der Waals surface area contributed by atoms with Crippen molar-refractivity contribution >= 4 is 5.78 Å². The van der Waals surface area contributed by atoms with Crippen LogP contribution in [-0.4, -0.2) is 23.5 Å². The standard InChI is InChI=1S/C10H11NO2/c12-10(9-5-3-7-13-9)8-4-1-2-6-11-8/h1-2,4,6,9H,3,5,7H2/t9-/m1/s1. The third kappa shape index (κ3) is 1.75. The van der Waals surface area contributed by atoms with Crippen LogP contribution < -0.4 is 0 Å². The van der Waals surface area contributed by atoms with E-state index in [0.717, 1.165) is 12.8 Å². The largest absolute Gasteiger partial charge is 0.370 e. The zero-order valence-electron chi connectivity index (χ0n) is 7.27. The molecule has 0 bridgehead atoms. The number of carbonyl (C=O) groups excluding carboxylic acids is 1. The highest BCUT2D eigenvalue weighted by Crippen LogP contribution is 2.15. The topological polar surface area (TPSA) is 39.2 Å². The van der Waals surface area contributed by atoms with Crippen molar-refractivity contribution in [2.24, 2.45) is 0 Å². The van der Waals surface area contributed by atoms with E-state index in [9.17, 15) is 4.79 Å². The molecule has 0 aliphatic carbocycles. The first-order valence-corrected chi connectivity index (χ1v) is 4.45. The van der Waals surface area contributed by atoms with Crippen LogP contribution in [0.4, 0.5) is 0 Å². The summed E-state index contributed by atoms with van der Waals surface area (Å²) in [5.74, 6) is 0.0121. The number of hydrogen-bond acceptors (Lipinski definition) is 3. The van der Waals surface area contributed by atoms with Crippen molar-refractivity contribution in [3.05, 3.63) is 30.1 Å². The molecule has 0 N–H and O–H groups in total. The molecule has 1 aliphatic rings. The maximum atomic E-state index is 11.7. The first kappa shape index (κ1) is 8.38. The molecule has 68 valence electrons. The molecule has 1 aliphatic heterocycles. The number of carbonyl (C=O) groups is 1. The smallest absolute Gasteiger partial charge is 0.209 e. The SMILES string of the molecule is O=C(c1ccccn1)[C@H]1CCCO1. The van der Waals surface area contributed by atoms with Gasteiger partial charge < -0.3 is 4.74 Å². The van der Waals surface area contributed by atoms with Crippen LogP contribution in [0.1, 0.15) is 23.3 Å². The summed E-state index contributed by atoms with van der Waals surface area (Å²) in [6.07, 6.45) is 3.18. The summed E-state index contributed by atoms with van der Waals surface area (Å²) < 4.78 is 5.28. The van der Waals surface area contributed by atoms with E-state index in [1.807, 2.05) is 6.07 Å². The fourth-order valence-electron chi connectivity index (χ4n) is 1.46. The molecule has 0 radical (unpaired) electrons. The van der Waals surface area contributed by atoms with Crippen molar-refractivity contribution in [2.75, 3.05) is 6.61 Å². The van der Waals surface area contributed by atoms with Crippen LogP contribution in [-0.2, 0) is 4.74 Å². The van der Waals surface area contributed by atoms with Gasteiger partial charge in [0.15, 0.2) is 0 Å². The molecule has 0 amide bonds. The molecule has 2 rings (SSSR count). The summed E-state index contributed by atoms with van der Waals surface area (Å²) >= 11 is 0. The number of hydrogen-bond donors (Lipinski definition) is 0. The van der Waals surface area contributed by atoms with Gasteiger partial charge in [-0.05, 0) is 25.0 Å². The van der Waals surface area contributed by atoms with Gasteiger partial charge in [-0.3, -0.25) is 9.78 Å². The van der Waals surface area contributed by atoms with Gasteiger partial charge in [0, 0.05) is 12.8 Å². The third-order valence-electron chi connectivity index (χ3n) is 2.14. The van der Waals surface area contributed by atoms with Crippen LogP contribution >= 0.6 is 0 Å². The minimum atomic E-state index is -0.255. The van der Waals surface area contributed by atoms with Gasteiger partial charge in [-0.25, -0.2) is 0 Å². The molecule has 1 aromatic rings. The van der Waals surface area contributed by atoms with Crippen molar-refractivity contribution in [2.45, 2.75) is 18.9 Å². The summed E-state index contributed by atoms with van der Waals surface area (Å²) in [6.45, 7) is 0.698. The predicted molar refractivity (Wildman–Crippen MR) is 47.5 cm³/mol. The highest BCUT2D eigenvalue weighted by atomic mass is 16.5. The normalized spacial score (nSPS) is 21.7. The molecule has 1 aromatic heterocycles. The van der Waals surface area contributed by atoms with E-state index < -0.39 is 0 Å². The molecular weight excluding hydrogens is 166 g/mol. The van der Waals surface area contributed by atoms with Gasteiger partial charge in [0.2, 0.25) is 5.78 Å². The predicted octanol–water partition coefficient (Wildman–Crippen LogP) is 1.44. The Labute approximate surface area is 76.7 Å². The van der Waals surface area contributed by atoms with Gasteiger partial charge in [0.1, 0.15) is 11.8 Å². The van der Waals surface area contributed by atoms with E-state index in [0.29, 0.717) is 12.3 Å². The average molecular weight is 177 g/mol. The summed E-state index contributed by atoms with van der Waals surface area (Å²) in [7, 11) is 0. The second-order valence-electron chi connectivity index (χ2n) is 3.08. The fraction of sp³-hybridized carbons (Fsp3) is 0.400. The zero-order valence-corrected chi connectivity index (χ0v) is 7.27. The van der Waals surface area contributed by atoms with E-state index in [2.05, 4.69) is 4.98 Å². The fourth-order valence-corrected chi connectivity index (χ4v) is 1.46. The Morgan fingerprint density at radius 2 is 2.46 bits per heavy atom. The number of ether oxygens (including phenoxy) is 1. The van der Waals surface area contributed by atoms with Gasteiger partial charge in [-0.1, -0.05) is 6.07 Å². The molecule has 1 atom stereocenters. The van der Waals surface area contributed by atoms with Gasteiger partial charge in [0.25, 0.3) is 0 Å². The second-order valence-corrected chi connectivity index (χ2v) is 3.08. The lowest BCUT2D eigenvalue weighted by Gasteiger charge is -2.06. The first-order valence-electron chi connectivity index (χ1n) is 4.45. The first-order chi connectivity index (χ1) is 6.38. The summed E-state index contributed by atoms with van der Waals surface area (Å²) in [6, 6.07) is 5.34. The molecule has 0 spiro atoms. The van der Waals surface area contributed by atoms with Crippen LogP contribution in [0.2, 0.25) is 0 Å². The Kier molecular flexibility index (Phi) is 2.36. The third-order valence-corrected chi connectivity index (χ3v) is 2.14. The summed E-state index contributed by atoms with van der Waals surface area (Å²) in [4.78, 5) is 15.7. The molecule has 3 heteroatoms. The highest BCUT2D eigenvalue weighted by Gasteiger charge is 2.25. The van der Waals surface area contributed by atoms with Crippen molar-refractivity contribution in [1.82, 2.24) is 4.98 Å². The number of ketones is 1. The maximum absolute atomic E-state index is 11.7. The lowest BCUT2D eigenvalue weighted by Crippen LogP contribution is -2.20. The van der Waals surface area contributed by atoms with Crippen LogP contribution in [0.5, 0.6) is 0 Å². The minimum absolute atomic E-state index is 0.0121. The molecular formula is C10H11NO2. The Morgan fingerprint density at radius 3 is 3.08 bits per heavy atom. The van der Waals surface area contributed by atoms with Crippen molar-refractivity contribution in [3.8, 4) is 0 Å². The second kappa shape index (κ2) is 3.66. The zero-order chi connectivity index (χ0) is 9.10. The van der Waals surface area contributed by atoms with Gasteiger partial charge in [-0.2, -0.15) is 0 Å². The van der Waals surface area contributed by atoms with Crippen LogP contribution in [0.25, 0.3) is 0 Å². The van der Waals surface area contributed by atoms with Crippen molar-refractivity contribution < 1.29 is 9.53 Å². The van der Waals surface area contributed by atoms with Crippen LogP contribution in [0.15, 0.2) is 24.4 Å². The Bertz CT molecular complexity index is 291. The van der Waals surface area contributed by atoms with Crippen molar-refractivity contribution in [3.63, 3.8) is 0 Å². The molecule has 2 heterocycles. The number of rotatable bonds is 2. The monoisotopic (exact) mass is 177 g/mol. The number of Topliss-reactive ketones (excluding diaryl/α,β-unsaturated/α-hetero) is 1. The molecule has 0 unspecified atom stereocenters. The van der Waals surface area contributed by atoms with Gasteiger partial charge in [-0.15, -0.1) is 0 Å². The van der Waals surface area contributed by atoms with Gasteiger partial charge >= 0.3 is 0 Å². The molecule has 0 saturated carbocycles. The molecule has 3 nitrogen and oxygen atoms in total. The number of pyridine rings is 1.